The Morgan fingerprint density at radius 1 is 0.556 bits per heavy atom. The molecule has 0 spiro atoms. The van der Waals surface area contributed by atoms with E-state index in [-0.39, 0.29) is 59.8 Å². The van der Waals surface area contributed by atoms with Crippen LogP contribution in [0.1, 0.15) is 0 Å². The molecule has 0 aliphatic carbocycles. The minimum atomic E-state index is -2.92. The molecule has 0 aliphatic heterocycles. The summed E-state index contributed by atoms with van der Waals surface area (Å²) in [4.78, 5) is 0. The van der Waals surface area contributed by atoms with Crippen molar-refractivity contribution >= 4 is 37.7 Å². The van der Waals surface area contributed by atoms with Gasteiger partial charge in [-0.1, -0.05) is 0 Å². The molecule has 0 radical (unpaired) electrons. The Kier molecular flexibility index (Phi) is 63.2. The van der Waals surface area contributed by atoms with Crippen molar-refractivity contribution in [3.8, 4) is 0 Å². The Morgan fingerprint density at radius 2 is 0.556 bits per heavy atom. The smallest absolute Gasteiger partial charge is 0.907 e. The van der Waals surface area contributed by atoms with Crippen LogP contribution in [0.15, 0.2) is 0 Å². The fourth-order valence-corrected chi connectivity index (χ4v) is 0. The van der Waals surface area contributed by atoms with Crippen molar-refractivity contribution in [1.82, 2.24) is 0 Å². The van der Waals surface area contributed by atoms with Gasteiger partial charge in [0, 0.05) is 0 Å². The Hall–Kier alpha value is 1.48. The summed E-state index contributed by atoms with van der Waals surface area (Å²) in [5, 5.41) is 91.0. The van der Waals surface area contributed by atoms with Crippen LogP contribution in [0.2, 0.25) is 0 Å². The summed E-state index contributed by atoms with van der Waals surface area (Å²) in [6.07, 6.45) is 0. The van der Waals surface area contributed by atoms with E-state index in [4.69, 9.17) is 60.3 Å². The Morgan fingerprint density at radius 3 is 0.556 bits per heavy atom. The van der Waals surface area contributed by atoms with Crippen molar-refractivity contribution < 1.29 is 112 Å². The van der Waals surface area contributed by atoms with Gasteiger partial charge in [-0.05, 0) is 0 Å². The van der Waals surface area contributed by atoms with Gasteiger partial charge < -0.3 is 60.3 Å². The average molecular weight is 293 g/mol. The fraction of sp³-hybridized carbons (Fsp3) is 0. The van der Waals surface area contributed by atoms with E-state index < -0.39 is 29.3 Å². The Balaban J connectivity index is -0.0000000257. The first-order valence-electron chi connectivity index (χ1n) is 3.01. The van der Waals surface area contributed by atoms with Crippen LogP contribution < -0.4 is 71.5 Å². The van der Waals surface area contributed by atoms with Crippen LogP contribution in [0.5, 0.6) is 0 Å². The number of rotatable bonds is 0. The van der Waals surface area contributed by atoms with Gasteiger partial charge in [0.1, 0.15) is 0 Å². The van der Waals surface area contributed by atoms with Crippen LogP contribution in [0.4, 0.5) is 0 Å². The van der Waals surface area contributed by atoms with Gasteiger partial charge in [-0.2, -0.15) is 0 Å². The summed E-state index contributed by atoms with van der Waals surface area (Å²) in [6, 6.07) is 0. The molecule has 0 heterocycles. The number of hydrogen-bond acceptors (Lipinski definition) is 12. The van der Waals surface area contributed by atoms with Gasteiger partial charge >= 0.3 is 81.8 Å². The van der Waals surface area contributed by atoms with Crippen molar-refractivity contribution in [1.29, 1.82) is 0 Å². The topological polar surface area (TPSA) is 254 Å². The second-order valence-electron chi connectivity index (χ2n) is 1.31. The molecule has 0 aromatic carbocycles. The Bertz CT molecular complexity index is 63.4. The van der Waals surface area contributed by atoms with Crippen LogP contribution >= 0.6 is 0 Å². The van der Waals surface area contributed by atoms with Gasteiger partial charge in [0.25, 0.3) is 0 Å². The van der Waals surface area contributed by atoms with E-state index in [1.165, 1.54) is 0 Å². The molecule has 0 saturated carbocycles. The van der Waals surface area contributed by atoms with Gasteiger partial charge in [0.2, 0.25) is 0 Å². The summed E-state index contributed by atoms with van der Waals surface area (Å²) >= 11 is 0. The maximum absolute atomic E-state index is 8.64. The summed E-state index contributed by atoms with van der Waals surface area (Å²) < 4.78 is 0. The second-order valence-corrected chi connectivity index (χ2v) is 1.31. The first-order chi connectivity index (χ1) is 6.93. The van der Waals surface area contributed by atoms with E-state index in [1.54, 1.807) is 0 Å². The van der Waals surface area contributed by atoms with Crippen molar-refractivity contribution in [3.63, 3.8) is 0 Å². The van der Waals surface area contributed by atoms with Crippen LogP contribution in [0, 0.1) is 0 Å². The molecule has 0 aromatic heterocycles. The predicted octanol–water partition coefficient (Wildman–Crippen LogP) is -14.1. The zero-order valence-corrected chi connectivity index (χ0v) is 12.2. The van der Waals surface area contributed by atoms with Crippen molar-refractivity contribution in [3.05, 3.63) is 0 Å². The zero-order valence-electron chi connectivity index (χ0n) is 9.10. The molecule has 96 valence electrons. The minimum absolute atomic E-state index is 0. The first-order valence-corrected chi connectivity index (χ1v) is 3.01. The summed E-state index contributed by atoms with van der Waals surface area (Å²) in [5.41, 5.74) is 0. The third kappa shape index (κ3) is 2160. The summed E-state index contributed by atoms with van der Waals surface area (Å²) in [7, 11) is -9.67. The zero-order chi connectivity index (χ0) is 14.3. The van der Waals surface area contributed by atoms with E-state index in [2.05, 4.69) is 0 Å². The SMILES string of the molecule is OB(O)O.OB(O)O.[B+3].[K+].[O-]B(O)O.[O-]B([O-])[O-]. The van der Waals surface area contributed by atoms with E-state index >= 15 is 0 Å². The molecule has 0 amide bonds. The van der Waals surface area contributed by atoms with Gasteiger partial charge in [-0.15, -0.1) is 0 Å². The molecule has 0 aliphatic rings. The molecule has 0 bridgehead atoms. The summed E-state index contributed by atoms with van der Waals surface area (Å²) in [5.74, 6) is 0. The maximum Gasteiger partial charge on any atom is 3.00 e. The molecule has 0 fully saturated rings. The van der Waals surface area contributed by atoms with Crippen molar-refractivity contribution in [2.75, 3.05) is 0 Å². The van der Waals surface area contributed by atoms with Crippen molar-refractivity contribution in [2.45, 2.75) is 0 Å². The molecule has 0 saturated heterocycles. The van der Waals surface area contributed by atoms with E-state index in [9.17, 15) is 0 Å². The molecular formula is H8B5KO12. The summed E-state index contributed by atoms with van der Waals surface area (Å²) in [6.45, 7) is 0. The quantitative estimate of drug-likeness (QED) is 0.194. The maximum atomic E-state index is 8.64. The molecule has 18 heavy (non-hydrogen) atoms. The van der Waals surface area contributed by atoms with Crippen molar-refractivity contribution in [2.24, 2.45) is 0 Å². The third-order valence-corrected chi connectivity index (χ3v) is 0. The molecule has 18 heteroatoms. The molecule has 8 N–H and O–H groups in total. The fourth-order valence-electron chi connectivity index (χ4n) is 0. The van der Waals surface area contributed by atoms with E-state index in [0.717, 1.165) is 0 Å². The number of hydrogen-bond donors (Lipinski definition) is 8. The first kappa shape index (κ1) is 36.6. The molecular weight excluding hydrogens is 285 g/mol. The normalized spacial score (nSPS) is 6.00. The predicted molar refractivity (Wildman–Crippen MR) is 46.5 cm³/mol. The Labute approximate surface area is 148 Å². The molecule has 0 unspecified atom stereocenters. The average Bonchev–Trinajstić information content (AvgIpc) is 1.76. The second kappa shape index (κ2) is 31.1. The van der Waals surface area contributed by atoms with E-state index in [0.29, 0.717) is 0 Å². The largest absolute Gasteiger partial charge is 3.00 e. The third-order valence-electron chi connectivity index (χ3n) is 0. The van der Waals surface area contributed by atoms with Gasteiger partial charge in [0.05, 0.1) is 0 Å². The monoisotopic (exact) mass is 294 g/mol. The van der Waals surface area contributed by atoms with Gasteiger partial charge in [-0.25, -0.2) is 0 Å². The molecule has 12 nitrogen and oxygen atoms in total. The van der Waals surface area contributed by atoms with Gasteiger partial charge in [-0.3, -0.25) is 7.32 Å². The molecule has 0 atom stereocenters. The minimum Gasteiger partial charge on any atom is -0.907 e. The van der Waals surface area contributed by atoms with Crippen LogP contribution in [-0.4, -0.2) is 77.9 Å². The van der Waals surface area contributed by atoms with E-state index in [1.807, 2.05) is 0 Å². The molecule has 0 aromatic rings. The van der Waals surface area contributed by atoms with Gasteiger partial charge in [0.15, 0.2) is 0 Å². The van der Waals surface area contributed by atoms with Crippen LogP contribution in [0.25, 0.3) is 0 Å². The van der Waals surface area contributed by atoms with Crippen LogP contribution in [-0.2, 0) is 0 Å². The van der Waals surface area contributed by atoms with Crippen LogP contribution in [0.3, 0.4) is 0 Å². The molecule has 0 rings (SSSR count). The standard InChI is InChI=1S/2BH3O3.BH2O3.BO3.B.K/c4*2-1(3)4;;/h2*2-4H;2-3H;;;/q;;-1;-3;+3;+1.